The van der Waals surface area contributed by atoms with E-state index in [1.54, 1.807) is 67.5 Å². The zero-order chi connectivity index (χ0) is 24.5. The molecule has 0 spiro atoms. The lowest BCUT2D eigenvalue weighted by Gasteiger charge is -2.26. The van der Waals surface area contributed by atoms with Crippen molar-refractivity contribution in [3.63, 3.8) is 0 Å². The summed E-state index contributed by atoms with van der Waals surface area (Å²) in [5.74, 6) is 0.189. The predicted molar refractivity (Wildman–Crippen MR) is 130 cm³/mol. The maximum Gasteiger partial charge on any atom is 0.338 e. The van der Waals surface area contributed by atoms with Gasteiger partial charge in [0.2, 0.25) is 0 Å². The lowest BCUT2D eigenvalue weighted by molar-refractivity contribution is 0.0526. The molecule has 3 aromatic carbocycles. The standard InChI is InChI=1S/C27H23N3O5/c1-3-35-27(33)18-4-10-19(11-5-18)30-25(17-6-12-20(31)13-7-17)22-23(28-29-24(22)26(30)32)16-8-14-21(34-2)15-9-16/h4-15,25,31H,3H2,1-2H3,(H,28,29)/t25-/m0/s1. The van der Waals surface area contributed by atoms with Gasteiger partial charge in [0.15, 0.2) is 0 Å². The second-order valence-corrected chi connectivity index (χ2v) is 8.03. The highest BCUT2D eigenvalue weighted by Gasteiger charge is 2.43. The van der Waals surface area contributed by atoms with E-state index in [4.69, 9.17) is 9.47 Å². The quantitative estimate of drug-likeness (QED) is 0.396. The van der Waals surface area contributed by atoms with Gasteiger partial charge in [0.25, 0.3) is 5.91 Å². The Morgan fingerprint density at radius 3 is 2.34 bits per heavy atom. The van der Waals surface area contributed by atoms with Crippen LogP contribution in [0.25, 0.3) is 11.3 Å². The van der Waals surface area contributed by atoms with E-state index in [9.17, 15) is 14.7 Å². The number of nitrogens with zero attached hydrogens (tertiary/aromatic N) is 2. The fourth-order valence-electron chi connectivity index (χ4n) is 4.33. The summed E-state index contributed by atoms with van der Waals surface area (Å²) in [5, 5.41) is 17.2. The van der Waals surface area contributed by atoms with Gasteiger partial charge in [-0.1, -0.05) is 12.1 Å². The normalized spacial score (nSPS) is 14.6. The van der Waals surface area contributed by atoms with Crippen molar-refractivity contribution < 1.29 is 24.2 Å². The van der Waals surface area contributed by atoms with E-state index < -0.39 is 12.0 Å². The smallest absolute Gasteiger partial charge is 0.338 e. The Bertz CT molecular complexity index is 1380. The number of esters is 1. The van der Waals surface area contributed by atoms with Gasteiger partial charge < -0.3 is 14.6 Å². The van der Waals surface area contributed by atoms with E-state index in [2.05, 4.69) is 10.2 Å². The molecule has 0 saturated heterocycles. The van der Waals surface area contributed by atoms with Crippen molar-refractivity contribution in [3.05, 3.63) is 95.2 Å². The average molecular weight is 469 g/mol. The summed E-state index contributed by atoms with van der Waals surface area (Å²) in [6.07, 6.45) is 0. The molecule has 0 radical (unpaired) electrons. The number of carbonyl (C=O) groups is 2. The van der Waals surface area contributed by atoms with Crippen LogP contribution in [-0.2, 0) is 4.74 Å². The number of H-pyrrole nitrogens is 1. The average Bonchev–Trinajstić information content (AvgIpc) is 3.44. The summed E-state index contributed by atoms with van der Waals surface area (Å²) in [5.41, 5.74) is 4.44. The van der Waals surface area contributed by atoms with E-state index >= 15 is 0 Å². The van der Waals surface area contributed by atoms with Crippen LogP contribution >= 0.6 is 0 Å². The van der Waals surface area contributed by atoms with E-state index in [0.29, 0.717) is 22.6 Å². The molecule has 0 fully saturated rings. The molecule has 5 rings (SSSR count). The summed E-state index contributed by atoms with van der Waals surface area (Å²) in [6.45, 7) is 2.03. The Hall–Kier alpha value is -4.59. The third kappa shape index (κ3) is 3.89. The second-order valence-electron chi connectivity index (χ2n) is 8.03. The van der Waals surface area contributed by atoms with Gasteiger partial charge in [0.1, 0.15) is 17.2 Å². The van der Waals surface area contributed by atoms with Gasteiger partial charge in [0, 0.05) is 16.8 Å². The maximum atomic E-state index is 13.6. The molecule has 1 amide bonds. The van der Waals surface area contributed by atoms with Gasteiger partial charge in [-0.15, -0.1) is 0 Å². The number of phenolic OH excluding ortho intramolecular Hbond substituents is 1. The van der Waals surface area contributed by atoms with Crippen molar-refractivity contribution in [1.82, 2.24) is 10.2 Å². The topological polar surface area (TPSA) is 105 Å². The van der Waals surface area contributed by atoms with E-state index in [1.807, 2.05) is 24.3 Å². The molecular formula is C27H23N3O5. The Morgan fingerprint density at radius 2 is 1.71 bits per heavy atom. The predicted octanol–water partition coefficient (Wildman–Crippen LogP) is 4.72. The van der Waals surface area contributed by atoms with Crippen molar-refractivity contribution in [2.75, 3.05) is 18.6 Å². The third-order valence-corrected chi connectivity index (χ3v) is 6.00. The first-order valence-corrected chi connectivity index (χ1v) is 11.1. The van der Waals surface area contributed by atoms with Crippen LogP contribution in [0.1, 0.15) is 44.9 Å². The number of aromatic hydroxyl groups is 1. The zero-order valence-electron chi connectivity index (χ0n) is 19.2. The molecule has 35 heavy (non-hydrogen) atoms. The first-order valence-electron chi connectivity index (χ1n) is 11.1. The minimum atomic E-state index is -0.498. The monoisotopic (exact) mass is 469 g/mol. The van der Waals surface area contributed by atoms with Crippen LogP contribution in [0.3, 0.4) is 0 Å². The molecule has 2 N–H and O–H groups in total. The molecule has 8 nitrogen and oxygen atoms in total. The number of methoxy groups -OCH3 is 1. The maximum absolute atomic E-state index is 13.6. The molecular weight excluding hydrogens is 446 g/mol. The number of anilines is 1. The van der Waals surface area contributed by atoms with Gasteiger partial charge in [-0.3, -0.25) is 14.8 Å². The summed E-state index contributed by atoms with van der Waals surface area (Å²) < 4.78 is 10.3. The molecule has 2 heterocycles. The SMILES string of the molecule is CCOC(=O)c1ccc(N2C(=O)c3[nH]nc(-c4ccc(OC)cc4)c3[C@@H]2c2ccc(O)cc2)cc1. The van der Waals surface area contributed by atoms with Crippen molar-refractivity contribution in [1.29, 1.82) is 0 Å². The Morgan fingerprint density at radius 1 is 1.03 bits per heavy atom. The molecule has 1 atom stereocenters. The Balaban J connectivity index is 1.62. The summed E-state index contributed by atoms with van der Waals surface area (Å²) in [4.78, 5) is 27.4. The highest BCUT2D eigenvalue weighted by molar-refractivity contribution is 6.12. The first-order chi connectivity index (χ1) is 17.0. The van der Waals surface area contributed by atoms with Crippen LogP contribution < -0.4 is 9.64 Å². The minimum Gasteiger partial charge on any atom is -0.508 e. The van der Waals surface area contributed by atoms with Crippen LogP contribution in [0.5, 0.6) is 11.5 Å². The Labute approximate surface area is 201 Å². The Kier molecular flexibility index (Phi) is 5.70. The van der Waals surface area contributed by atoms with Crippen LogP contribution in [0, 0.1) is 0 Å². The van der Waals surface area contributed by atoms with E-state index in [1.165, 1.54) is 0 Å². The van der Waals surface area contributed by atoms with Gasteiger partial charge in [-0.05, 0) is 73.2 Å². The number of nitrogens with one attached hydrogen (secondary N) is 1. The van der Waals surface area contributed by atoms with Crippen LogP contribution in [0.2, 0.25) is 0 Å². The molecule has 0 unspecified atom stereocenters. The molecule has 0 bridgehead atoms. The van der Waals surface area contributed by atoms with Gasteiger partial charge >= 0.3 is 5.97 Å². The molecule has 1 aromatic heterocycles. The molecule has 0 aliphatic carbocycles. The summed E-state index contributed by atoms with van der Waals surface area (Å²) >= 11 is 0. The summed E-state index contributed by atoms with van der Waals surface area (Å²) in [7, 11) is 1.60. The number of ether oxygens (including phenoxy) is 2. The lowest BCUT2D eigenvalue weighted by Crippen LogP contribution is -2.29. The highest BCUT2D eigenvalue weighted by atomic mass is 16.5. The van der Waals surface area contributed by atoms with E-state index in [0.717, 1.165) is 22.4 Å². The molecule has 0 saturated carbocycles. The number of aromatic nitrogens is 2. The van der Waals surface area contributed by atoms with Gasteiger partial charge in [-0.25, -0.2) is 4.79 Å². The largest absolute Gasteiger partial charge is 0.508 e. The fraction of sp³-hybridized carbons (Fsp3) is 0.148. The van der Waals surface area contributed by atoms with E-state index in [-0.39, 0.29) is 18.3 Å². The van der Waals surface area contributed by atoms with Crippen molar-refractivity contribution in [3.8, 4) is 22.8 Å². The zero-order valence-corrected chi connectivity index (χ0v) is 19.2. The third-order valence-electron chi connectivity index (χ3n) is 6.00. The fourth-order valence-corrected chi connectivity index (χ4v) is 4.33. The molecule has 1 aliphatic heterocycles. The molecule has 4 aromatic rings. The number of carbonyl (C=O) groups excluding carboxylic acids is 2. The van der Waals surface area contributed by atoms with Gasteiger partial charge in [0.05, 0.1) is 31.0 Å². The van der Waals surface area contributed by atoms with Crippen LogP contribution in [-0.4, -0.2) is 40.9 Å². The number of benzene rings is 3. The second kappa shape index (κ2) is 8.98. The molecule has 1 aliphatic rings. The number of hydrogen-bond donors (Lipinski definition) is 2. The molecule has 176 valence electrons. The van der Waals surface area contributed by atoms with Crippen molar-refractivity contribution in [2.24, 2.45) is 0 Å². The van der Waals surface area contributed by atoms with Gasteiger partial charge in [-0.2, -0.15) is 5.10 Å². The molecule has 8 heteroatoms. The van der Waals surface area contributed by atoms with Crippen LogP contribution in [0.15, 0.2) is 72.8 Å². The minimum absolute atomic E-state index is 0.131. The number of amides is 1. The number of aromatic amines is 1. The van der Waals surface area contributed by atoms with Crippen molar-refractivity contribution in [2.45, 2.75) is 13.0 Å². The summed E-state index contributed by atoms with van der Waals surface area (Å²) in [6, 6.07) is 20.5. The highest BCUT2D eigenvalue weighted by Crippen LogP contribution is 2.45. The number of fused-ring (bicyclic) bond motifs is 1. The van der Waals surface area contributed by atoms with Crippen molar-refractivity contribution >= 4 is 17.6 Å². The number of hydrogen-bond acceptors (Lipinski definition) is 6. The lowest BCUT2D eigenvalue weighted by atomic mass is 9.95. The number of rotatable bonds is 6. The number of phenols is 1. The van der Waals surface area contributed by atoms with Crippen LogP contribution in [0.4, 0.5) is 5.69 Å². The first kappa shape index (κ1) is 22.2.